The molecule has 1 saturated heterocycles. The fourth-order valence-corrected chi connectivity index (χ4v) is 6.01. The number of halogens is 3. The molecule has 0 aliphatic carbocycles. The normalized spacial score (nSPS) is 20.6. The molecule has 0 radical (unpaired) electrons. The van der Waals surface area contributed by atoms with Crippen molar-refractivity contribution in [3.8, 4) is 0 Å². The van der Waals surface area contributed by atoms with E-state index in [1.54, 1.807) is 26.8 Å². The van der Waals surface area contributed by atoms with E-state index >= 15 is 0 Å². The SMILES string of the molecule is CC1(NC(=O)c2ccc3c(c2)C(C)(C)C(=O)N3c2cc(C(F)(F)F)ccn2)CCS(=O)(=O)CC1. The third-order valence-electron chi connectivity index (χ3n) is 6.56. The lowest BCUT2D eigenvalue weighted by atomic mass is 9.85. The van der Waals surface area contributed by atoms with Crippen LogP contribution in [0.3, 0.4) is 0 Å². The lowest BCUT2D eigenvalue weighted by Gasteiger charge is -2.34. The first-order chi connectivity index (χ1) is 15.6. The van der Waals surface area contributed by atoms with E-state index in [4.69, 9.17) is 0 Å². The first-order valence-electron chi connectivity index (χ1n) is 10.7. The van der Waals surface area contributed by atoms with Crippen LogP contribution in [-0.4, -0.2) is 42.3 Å². The Kier molecular flexibility index (Phi) is 5.54. The summed E-state index contributed by atoms with van der Waals surface area (Å²) in [5, 5.41) is 2.91. The Balaban J connectivity index is 1.66. The van der Waals surface area contributed by atoms with E-state index in [1.165, 1.54) is 12.1 Å². The standard InChI is InChI=1S/C23H24F3N3O4S/c1-21(2)16-12-14(19(30)28-22(3)7-10-34(32,33)11-8-22)4-5-17(16)29(20(21)31)18-13-15(6-9-27-18)23(24,25)26/h4-6,9,12-13H,7-8,10-11H2,1-3H3,(H,28,30). The number of sulfone groups is 1. The van der Waals surface area contributed by atoms with Crippen LogP contribution in [0.2, 0.25) is 0 Å². The Labute approximate surface area is 195 Å². The maximum atomic E-state index is 13.2. The van der Waals surface area contributed by atoms with Gasteiger partial charge < -0.3 is 5.32 Å². The summed E-state index contributed by atoms with van der Waals surface area (Å²) in [6.45, 7) is 5.06. The summed E-state index contributed by atoms with van der Waals surface area (Å²) in [6, 6.07) is 6.22. The number of carbonyl (C=O) groups is 2. The maximum absolute atomic E-state index is 13.2. The zero-order valence-electron chi connectivity index (χ0n) is 18.9. The molecular formula is C23H24F3N3O4S. The van der Waals surface area contributed by atoms with E-state index in [9.17, 15) is 31.2 Å². The van der Waals surface area contributed by atoms with Crippen LogP contribution in [0.5, 0.6) is 0 Å². The van der Waals surface area contributed by atoms with E-state index in [2.05, 4.69) is 10.3 Å². The number of pyridine rings is 1. The Morgan fingerprint density at radius 1 is 1.09 bits per heavy atom. The molecule has 0 spiro atoms. The molecule has 1 aromatic carbocycles. The number of amides is 2. The molecule has 3 heterocycles. The number of hydrogen-bond acceptors (Lipinski definition) is 5. The first-order valence-corrected chi connectivity index (χ1v) is 12.5. The van der Waals surface area contributed by atoms with E-state index in [0.717, 1.165) is 23.2 Å². The van der Waals surface area contributed by atoms with Crippen molar-refractivity contribution in [1.29, 1.82) is 0 Å². The minimum absolute atomic E-state index is 0.00551. The van der Waals surface area contributed by atoms with Gasteiger partial charge in [0.2, 0.25) is 5.91 Å². The second kappa shape index (κ2) is 7.79. The van der Waals surface area contributed by atoms with Crippen LogP contribution in [0, 0.1) is 0 Å². The molecule has 7 nitrogen and oxygen atoms in total. The van der Waals surface area contributed by atoms with E-state index in [0.29, 0.717) is 24.1 Å². The van der Waals surface area contributed by atoms with E-state index < -0.39 is 44.3 Å². The zero-order chi connectivity index (χ0) is 25.1. The second-order valence-corrected chi connectivity index (χ2v) is 11.9. The topological polar surface area (TPSA) is 96.4 Å². The number of nitrogens with one attached hydrogen (secondary N) is 1. The number of carbonyl (C=O) groups excluding carboxylic acids is 2. The first kappa shape index (κ1) is 24.2. The summed E-state index contributed by atoms with van der Waals surface area (Å²) in [4.78, 5) is 31.3. The molecular weight excluding hydrogens is 471 g/mol. The second-order valence-electron chi connectivity index (χ2n) is 9.56. The zero-order valence-corrected chi connectivity index (χ0v) is 19.7. The number of rotatable bonds is 3. The summed E-state index contributed by atoms with van der Waals surface area (Å²) in [7, 11) is -3.10. The van der Waals surface area contributed by atoms with Gasteiger partial charge in [-0.2, -0.15) is 13.2 Å². The molecule has 0 atom stereocenters. The lowest BCUT2D eigenvalue weighted by Crippen LogP contribution is -2.50. The van der Waals surface area contributed by atoms with Crippen molar-refractivity contribution < 1.29 is 31.2 Å². The van der Waals surface area contributed by atoms with Crippen LogP contribution in [0.1, 0.15) is 55.1 Å². The highest BCUT2D eigenvalue weighted by Crippen LogP contribution is 2.46. The van der Waals surface area contributed by atoms with Gasteiger partial charge in [-0.05, 0) is 69.5 Å². The number of fused-ring (bicyclic) bond motifs is 1. The summed E-state index contributed by atoms with van der Waals surface area (Å²) in [6.07, 6.45) is -2.99. The fourth-order valence-electron chi connectivity index (χ4n) is 4.28. The minimum Gasteiger partial charge on any atom is -0.347 e. The average Bonchev–Trinajstić information content (AvgIpc) is 2.95. The van der Waals surface area contributed by atoms with Crippen molar-refractivity contribution in [3.63, 3.8) is 0 Å². The van der Waals surface area contributed by atoms with Crippen molar-refractivity contribution in [3.05, 3.63) is 53.2 Å². The molecule has 182 valence electrons. The fraction of sp³-hybridized carbons (Fsp3) is 0.435. The molecule has 2 aromatic rings. The summed E-state index contributed by atoms with van der Waals surface area (Å²) >= 11 is 0. The van der Waals surface area contributed by atoms with Gasteiger partial charge in [-0.25, -0.2) is 13.4 Å². The molecule has 0 saturated carbocycles. The molecule has 2 aliphatic rings. The van der Waals surface area contributed by atoms with Crippen molar-refractivity contribution >= 4 is 33.2 Å². The van der Waals surface area contributed by atoms with Crippen molar-refractivity contribution in [2.45, 2.75) is 50.7 Å². The van der Waals surface area contributed by atoms with Crippen molar-refractivity contribution in [1.82, 2.24) is 10.3 Å². The molecule has 4 rings (SSSR count). The Bertz CT molecular complexity index is 1270. The Morgan fingerprint density at radius 3 is 2.35 bits per heavy atom. The molecule has 0 bridgehead atoms. The van der Waals surface area contributed by atoms with Gasteiger partial charge in [0, 0.05) is 17.3 Å². The smallest absolute Gasteiger partial charge is 0.347 e. The van der Waals surface area contributed by atoms with Crippen molar-refractivity contribution in [2.75, 3.05) is 16.4 Å². The predicted molar refractivity (Wildman–Crippen MR) is 120 cm³/mol. The monoisotopic (exact) mass is 495 g/mol. The lowest BCUT2D eigenvalue weighted by molar-refractivity contribution is -0.137. The summed E-state index contributed by atoms with van der Waals surface area (Å²) in [5.41, 5.74) is -1.59. The van der Waals surface area contributed by atoms with Gasteiger partial charge in [-0.1, -0.05) is 0 Å². The average molecular weight is 496 g/mol. The van der Waals surface area contributed by atoms with Gasteiger partial charge in [0.25, 0.3) is 5.91 Å². The van der Waals surface area contributed by atoms with Crippen LogP contribution >= 0.6 is 0 Å². The van der Waals surface area contributed by atoms with Crippen LogP contribution < -0.4 is 10.2 Å². The van der Waals surface area contributed by atoms with E-state index in [1.807, 2.05) is 0 Å². The predicted octanol–water partition coefficient (Wildman–Crippen LogP) is 3.75. The van der Waals surface area contributed by atoms with Gasteiger partial charge in [-0.3, -0.25) is 14.5 Å². The van der Waals surface area contributed by atoms with Crippen LogP contribution in [0.25, 0.3) is 0 Å². The largest absolute Gasteiger partial charge is 0.416 e. The van der Waals surface area contributed by atoms with Crippen LogP contribution in [0.4, 0.5) is 24.7 Å². The number of benzene rings is 1. The quantitative estimate of drug-likeness (QED) is 0.700. The minimum atomic E-state index is -4.59. The summed E-state index contributed by atoms with van der Waals surface area (Å²) < 4.78 is 63.1. The number of aromatic nitrogens is 1. The molecule has 1 aromatic heterocycles. The highest BCUT2D eigenvalue weighted by Gasteiger charge is 2.46. The molecule has 2 aliphatic heterocycles. The van der Waals surface area contributed by atoms with Gasteiger partial charge >= 0.3 is 6.18 Å². The van der Waals surface area contributed by atoms with Gasteiger partial charge in [0.15, 0.2) is 0 Å². The molecule has 2 amide bonds. The maximum Gasteiger partial charge on any atom is 0.416 e. The third-order valence-corrected chi connectivity index (χ3v) is 8.21. The highest BCUT2D eigenvalue weighted by molar-refractivity contribution is 7.91. The Morgan fingerprint density at radius 2 is 1.74 bits per heavy atom. The molecule has 34 heavy (non-hydrogen) atoms. The number of anilines is 2. The number of nitrogens with zero attached hydrogens (tertiary/aromatic N) is 2. The Hall–Kier alpha value is -2.95. The van der Waals surface area contributed by atoms with Crippen molar-refractivity contribution in [2.24, 2.45) is 0 Å². The third kappa shape index (κ3) is 4.28. The van der Waals surface area contributed by atoms with Gasteiger partial charge in [-0.15, -0.1) is 0 Å². The molecule has 1 N–H and O–H groups in total. The number of hydrogen-bond donors (Lipinski definition) is 1. The van der Waals surface area contributed by atoms with Crippen LogP contribution in [-0.2, 0) is 26.2 Å². The summed E-state index contributed by atoms with van der Waals surface area (Å²) in [5.74, 6) is -1.04. The molecule has 1 fully saturated rings. The van der Waals surface area contributed by atoms with Gasteiger partial charge in [0.05, 0.1) is 28.2 Å². The highest BCUT2D eigenvalue weighted by atomic mass is 32.2. The molecule has 0 unspecified atom stereocenters. The molecule has 11 heteroatoms. The number of alkyl halides is 3. The van der Waals surface area contributed by atoms with E-state index in [-0.39, 0.29) is 22.9 Å². The van der Waals surface area contributed by atoms with Gasteiger partial charge in [0.1, 0.15) is 15.7 Å². The van der Waals surface area contributed by atoms with Crippen LogP contribution in [0.15, 0.2) is 36.5 Å².